The van der Waals surface area contributed by atoms with Crippen molar-refractivity contribution in [3.8, 4) is 0 Å². The summed E-state index contributed by atoms with van der Waals surface area (Å²) >= 11 is 0. The van der Waals surface area contributed by atoms with Gasteiger partial charge in [-0.2, -0.15) is 0 Å². The van der Waals surface area contributed by atoms with Crippen molar-refractivity contribution in [3.05, 3.63) is 22.1 Å². The summed E-state index contributed by atoms with van der Waals surface area (Å²) in [4.78, 5) is 25.0. The van der Waals surface area contributed by atoms with E-state index in [0.29, 0.717) is 25.5 Å². The van der Waals surface area contributed by atoms with E-state index in [1.165, 1.54) is 0 Å². The lowest BCUT2D eigenvalue weighted by atomic mass is 10.2. The molecule has 1 aromatic rings. The monoisotopic (exact) mass is 285 g/mol. The second-order valence-corrected chi connectivity index (χ2v) is 4.96. The minimum absolute atomic E-state index is 0.112. The molecule has 1 saturated heterocycles. The Morgan fingerprint density at radius 1 is 1.45 bits per heavy atom. The summed E-state index contributed by atoms with van der Waals surface area (Å²) < 4.78 is 20.0. The lowest BCUT2D eigenvalue weighted by Crippen LogP contribution is -2.53. The molecule has 2 rings (SSSR count). The SMILES string of the molecule is Cc1oc(=O)oc1COC(=O)C1COCCN1C(C)C. The number of aryl methyl sites for hydroxylation is 1. The van der Waals surface area contributed by atoms with Crippen molar-refractivity contribution >= 4 is 5.97 Å². The first-order valence-corrected chi connectivity index (χ1v) is 6.58. The molecule has 1 aromatic heterocycles. The van der Waals surface area contributed by atoms with Gasteiger partial charge < -0.3 is 18.3 Å². The molecule has 1 aliphatic rings. The molecule has 20 heavy (non-hydrogen) atoms. The number of rotatable bonds is 4. The van der Waals surface area contributed by atoms with Crippen LogP contribution in [-0.2, 0) is 20.9 Å². The Morgan fingerprint density at radius 2 is 2.20 bits per heavy atom. The summed E-state index contributed by atoms with van der Waals surface area (Å²) in [6.45, 7) is 7.12. The second kappa shape index (κ2) is 6.23. The van der Waals surface area contributed by atoms with E-state index in [1.807, 2.05) is 18.7 Å². The van der Waals surface area contributed by atoms with Crippen LogP contribution in [0.15, 0.2) is 13.6 Å². The Bertz CT molecular complexity index is 517. The number of hydrogen-bond acceptors (Lipinski definition) is 7. The Labute approximate surface area is 116 Å². The van der Waals surface area contributed by atoms with Gasteiger partial charge >= 0.3 is 11.8 Å². The molecule has 0 N–H and O–H groups in total. The molecule has 0 bridgehead atoms. The molecule has 7 heteroatoms. The van der Waals surface area contributed by atoms with Crippen molar-refractivity contribution in [1.29, 1.82) is 0 Å². The van der Waals surface area contributed by atoms with E-state index in [1.54, 1.807) is 6.92 Å². The molecule has 112 valence electrons. The van der Waals surface area contributed by atoms with Gasteiger partial charge in [0.1, 0.15) is 6.04 Å². The molecular formula is C13H19NO6. The van der Waals surface area contributed by atoms with Crippen molar-refractivity contribution in [2.75, 3.05) is 19.8 Å². The minimum Gasteiger partial charge on any atom is -0.456 e. The average Bonchev–Trinajstić information content (AvgIpc) is 2.74. The quantitative estimate of drug-likeness (QED) is 0.753. The molecule has 1 atom stereocenters. The zero-order valence-corrected chi connectivity index (χ0v) is 11.9. The standard InChI is InChI=1S/C13H19NO6/c1-8(2)14-4-5-17-6-10(14)12(15)18-7-11-9(3)19-13(16)20-11/h8,10H,4-7H2,1-3H3. The van der Waals surface area contributed by atoms with Gasteiger partial charge in [0, 0.05) is 12.6 Å². The van der Waals surface area contributed by atoms with Gasteiger partial charge in [0.05, 0.1) is 13.2 Å². The van der Waals surface area contributed by atoms with Crippen molar-refractivity contribution in [2.24, 2.45) is 0 Å². The normalized spacial score (nSPS) is 20.3. The number of ether oxygens (including phenoxy) is 2. The van der Waals surface area contributed by atoms with Crippen LogP contribution in [-0.4, -0.2) is 42.7 Å². The van der Waals surface area contributed by atoms with Crippen LogP contribution in [0.4, 0.5) is 0 Å². The molecule has 0 spiro atoms. The maximum absolute atomic E-state index is 12.1. The molecule has 0 amide bonds. The lowest BCUT2D eigenvalue weighted by molar-refractivity contribution is -0.159. The maximum Gasteiger partial charge on any atom is 0.519 e. The van der Waals surface area contributed by atoms with Crippen LogP contribution in [0.2, 0.25) is 0 Å². The Morgan fingerprint density at radius 3 is 2.80 bits per heavy atom. The third-order valence-electron chi connectivity index (χ3n) is 3.29. The van der Waals surface area contributed by atoms with Crippen molar-refractivity contribution in [1.82, 2.24) is 4.90 Å². The fraction of sp³-hybridized carbons (Fsp3) is 0.692. The largest absolute Gasteiger partial charge is 0.519 e. The Kier molecular flexibility index (Phi) is 4.61. The van der Waals surface area contributed by atoms with Gasteiger partial charge in [-0.3, -0.25) is 9.69 Å². The first kappa shape index (κ1) is 14.8. The highest BCUT2D eigenvalue weighted by molar-refractivity contribution is 5.76. The minimum atomic E-state index is -0.793. The van der Waals surface area contributed by atoms with Crippen molar-refractivity contribution in [2.45, 2.75) is 39.5 Å². The van der Waals surface area contributed by atoms with E-state index in [9.17, 15) is 9.59 Å². The van der Waals surface area contributed by atoms with Gasteiger partial charge in [0.25, 0.3) is 0 Å². The third kappa shape index (κ3) is 3.29. The number of esters is 1. The van der Waals surface area contributed by atoms with E-state index < -0.39 is 11.9 Å². The van der Waals surface area contributed by atoms with Crippen LogP contribution in [0.25, 0.3) is 0 Å². The predicted octanol–water partition coefficient (Wildman–Crippen LogP) is 0.694. The smallest absolute Gasteiger partial charge is 0.456 e. The molecule has 0 aliphatic carbocycles. The molecule has 2 heterocycles. The molecule has 0 aromatic carbocycles. The fourth-order valence-corrected chi connectivity index (χ4v) is 2.18. The number of morpholine rings is 1. The Hall–Kier alpha value is -1.60. The first-order chi connectivity index (χ1) is 9.49. The van der Waals surface area contributed by atoms with Crippen LogP contribution in [0, 0.1) is 6.92 Å². The molecule has 7 nitrogen and oxygen atoms in total. The van der Waals surface area contributed by atoms with Crippen LogP contribution < -0.4 is 5.82 Å². The van der Waals surface area contributed by atoms with E-state index in [-0.39, 0.29) is 24.4 Å². The summed E-state index contributed by atoms with van der Waals surface area (Å²) in [7, 11) is 0. The zero-order chi connectivity index (χ0) is 14.7. The second-order valence-electron chi connectivity index (χ2n) is 4.96. The van der Waals surface area contributed by atoms with Crippen molar-refractivity contribution < 1.29 is 23.1 Å². The highest BCUT2D eigenvalue weighted by Gasteiger charge is 2.32. The zero-order valence-electron chi connectivity index (χ0n) is 11.9. The fourth-order valence-electron chi connectivity index (χ4n) is 2.18. The van der Waals surface area contributed by atoms with Crippen molar-refractivity contribution in [3.63, 3.8) is 0 Å². The van der Waals surface area contributed by atoms with E-state index >= 15 is 0 Å². The summed E-state index contributed by atoms with van der Waals surface area (Å²) in [6.07, 6.45) is 0. The summed E-state index contributed by atoms with van der Waals surface area (Å²) in [5.41, 5.74) is 0. The average molecular weight is 285 g/mol. The third-order valence-corrected chi connectivity index (χ3v) is 3.29. The van der Waals surface area contributed by atoms with Crippen LogP contribution >= 0.6 is 0 Å². The highest BCUT2D eigenvalue weighted by atomic mass is 16.6. The first-order valence-electron chi connectivity index (χ1n) is 6.58. The van der Waals surface area contributed by atoms with E-state index in [4.69, 9.17) is 18.3 Å². The van der Waals surface area contributed by atoms with Crippen LogP contribution in [0.3, 0.4) is 0 Å². The van der Waals surface area contributed by atoms with E-state index in [2.05, 4.69) is 0 Å². The Balaban J connectivity index is 1.96. The van der Waals surface area contributed by atoms with Gasteiger partial charge in [-0.15, -0.1) is 0 Å². The van der Waals surface area contributed by atoms with Gasteiger partial charge in [-0.05, 0) is 20.8 Å². The molecule has 1 aliphatic heterocycles. The molecule has 1 unspecified atom stereocenters. The van der Waals surface area contributed by atoms with Gasteiger partial charge in [0.2, 0.25) is 0 Å². The highest BCUT2D eigenvalue weighted by Crippen LogP contribution is 2.14. The summed E-state index contributed by atoms with van der Waals surface area (Å²) in [6, 6.07) is -0.201. The van der Waals surface area contributed by atoms with Gasteiger partial charge in [0.15, 0.2) is 18.1 Å². The summed E-state index contributed by atoms with van der Waals surface area (Å²) in [5, 5.41) is 0. The molecule has 0 radical (unpaired) electrons. The maximum atomic E-state index is 12.1. The predicted molar refractivity (Wildman–Crippen MR) is 68.2 cm³/mol. The molecular weight excluding hydrogens is 266 g/mol. The molecule has 0 saturated carbocycles. The van der Waals surface area contributed by atoms with Crippen LogP contribution in [0.1, 0.15) is 25.4 Å². The summed E-state index contributed by atoms with van der Waals surface area (Å²) in [5.74, 6) is -0.625. The number of nitrogens with zero attached hydrogens (tertiary/aromatic N) is 1. The molecule has 1 fully saturated rings. The number of carbonyl (C=O) groups is 1. The number of carbonyl (C=O) groups excluding carboxylic acids is 1. The topological polar surface area (TPSA) is 82.1 Å². The number of hydrogen-bond donors (Lipinski definition) is 0. The van der Waals surface area contributed by atoms with Crippen LogP contribution in [0.5, 0.6) is 0 Å². The lowest BCUT2D eigenvalue weighted by Gasteiger charge is -2.36. The van der Waals surface area contributed by atoms with E-state index in [0.717, 1.165) is 0 Å². The van der Waals surface area contributed by atoms with Gasteiger partial charge in [-0.1, -0.05) is 0 Å². The van der Waals surface area contributed by atoms with Gasteiger partial charge in [-0.25, -0.2) is 4.79 Å².